The van der Waals surface area contributed by atoms with Gasteiger partial charge in [0.2, 0.25) is 6.10 Å². The smallest absolute Gasteiger partial charge is 0.430 e. The van der Waals surface area contributed by atoms with Crippen LogP contribution in [0.5, 0.6) is 5.75 Å². The average Bonchev–Trinajstić information content (AvgIpc) is 2.43. The molecule has 0 fully saturated rings. The highest BCUT2D eigenvalue weighted by molar-refractivity contribution is 6.40. The SMILES string of the molecule is CC(C)CN(C)c1c(Cl)cc2c(c1Cl)OC(C(F)(F)F)C(C(=O)O)=C2. The van der Waals surface area contributed by atoms with Gasteiger partial charge in [-0.3, -0.25) is 0 Å². The summed E-state index contributed by atoms with van der Waals surface area (Å²) in [6.45, 7) is 4.50. The number of fused-ring (bicyclic) bond motifs is 1. The summed E-state index contributed by atoms with van der Waals surface area (Å²) in [5.74, 6) is -1.69. The van der Waals surface area contributed by atoms with Gasteiger partial charge in [-0.2, -0.15) is 13.2 Å². The number of benzene rings is 1. The Bertz CT molecular complexity index is 732. The lowest BCUT2D eigenvalue weighted by Gasteiger charge is -2.30. The number of ether oxygens (including phenoxy) is 1. The van der Waals surface area contributed by atoms with Crippen molar-refractivity contribution in [1.29, 1.82) is 0 Å². The monoisotopic (exact) mass is 397 g/mol. The maximum Gasteiger partial charge on any atom is 0.430 e. The van der Waals surface area contributed by atoms with Crippen LogP contribution in [0.25, 0.3) is 6.08 Å². The van der Waals surface area contributed by atoms with Crippen molar-refractivity contribution < 1.29 is 27.8 Å². The Labute approximate surface area is 152 Å². The number of halogens is 5. The number of nitrogens with zero attached hydrogens (tertiary/aromatic N) is 1. The first-order valence-corrected chi connectivity index (χ1v) is 8.10. The molecular formula is C16H16Cl2F3NO3. The zero-order valence-electron chi connectivity index (χ0n) is 13.6. The summed E-state index contributed by atoms with van der Waals surface area (Å²) in [4.78, 5) is 12.9. The summed E-state index contributed by atoms with van der Waals surface area (Å²) >= 11 is 12.5. The van der Waals surface area contributed by atoms with Crippen LogP contribution in [0, 0.1) is 5.92 Å². The molecule has 1 aliphatic rings. The van der Waals surface area contributed by atoms with Gasteiger partial charge in [-0.25, -0.2) is 4.79 Å². The van der Waals surface area contributed by atoms with Gasteiger partial charge >= 0.3 is 12.1 Å². The van der Waals surface area contributed by atoms with Gasteiger partial charge in [0.15, 0.2) is 0 Å². The Morgan fingerprint density at radius 1 is 1.40 bits per heavy atom. The van der Waals surface area contributed by atoms with E-state index >= 15 is 0 Å². The number of carbonyl (C=O) groups is 1. The Balaban J connectivity index is 2.60. The predicted molar refractivity (Wildman–Crippen MR) is 90.7 cm³/mol. The van der Waals surface area contributed by atoms with E-state index in [1.165, 1.54) is 6.07 Å². The first-order chi connectivity index (χ1) is 11.4. The lowest BCUT2D eigenvalue weighted by atomic mass is 10.0. The van der Waals surface area contributed by atoms with Gasteiger partial charge in [-0.1, -0.05) is 37.0 Å². The van der Waals surface area contributed by atoms with Crippen LogP contribution in [-0.2, 0) is 4.79 Å². The van der Waals surface area contributed by atoms with Gasteiger partial charge in [0.1, 0.15) is 10.8 Å². The number of anilines is 1. The molecule has 4 nitrogen and oxygen atoms in total. The molecule has 2 rings (SSSR count). The van der Waals surface area contributed by atoms with Crippen molar-refractivity contribution in [2.24, 2.45) is 5.92 Å². The van der Waals surface area contributed by atoms with E-state index in [1.54, 1.807) is 11.9 Å². The Morgan fingerprint density at radius 3 is 2.48 bits per heavy atom. The van der Waals surface area contributed by atoms with E-state index in [4.69, 9.17) is 33.0 Å². The number of carboxylic acid groups (broad SMARTS) is 1. The third kappa shape index (κ3) is 3.98. The van der Waals surface area contributed by atoms with E-state index in [0.717, 1.165) is 6.08 Å². The zero-order chi connectivity index (χ0) is 19.1. The normalized spacial score (nSPS) is 17.0. The fraction of sp³-hybridized carbons (Fsp3) is 0.438. The summed E-state index contributed by atoms with van der Waals surface area (Å²) in [5, 5.41) is 9.17. The van der Waals surface area contributed by atoms with E-state index in [1.807, 2.05) is 13.8 Å². The molecule has 1 aliphatic heterocycles. The largest absolute Gasteiger partial charge is 0.478 e. The van der Waals surface area contributed by atoms with Gasteiger partial charge in [0.05, 0.1) is 16.3 Å². The van der Waals surface area contributed by atoms with Gasteiger partial charge in [-0.15, -0.1) is 0 Å². The van der Waals surface area contributed by atoms with Crippen LogP contribution in [-0.4, -0.2) is 36.9 Å². The van der Waals surface area contributed by atoms with Crippen molar-refractivity contribution >= 4 is 40.9 Å². The van der Waals surface area contributed by atoms with Crippen LogP contribution in [0.2, 0.25) is 10.0 Å². The molecule has 0 aliphatic carbocycles. The van der Waals surface area contributed by atoms with Gasteiger partial charge in [0.25, 0.3) is 0 Å². The maximum absolute atomic E-state index is 13.2. The number of rotatable bonds is 4. The summed E-state index contributed by atoms with van der Waals surface area (Å²) in [7, 11) is 1.71. The van der Waals surface area contributed by atoms with E-state index in [-0.39, 0.29) is 27.3 Å². The third-order valence-electron chi connectivity index (χ3n) is 3.57. The number of carboxylic acids is 1. The first kappa shape index (κ1) is 19.7. The van der Waals surface area contributed by atoms with Crippen molar-refractivity contribution in [3.8, 4) is 5.75 Å². The lowest BCUT2D eigenvalue weighted by Crippen LogP contribution is -2.40. The van der Waals surface area contributed by atoms with Crippen molar-refractivity contribution in [3.05, 3.63) is 27.2 Å². The fourth-order valence-corrected chi connectivity index (χ4v) is 3.47. The van der Waals surface area contributed by atoms with E-state index in [9.17, 15) is 18.0 Å². The van der Waals surface area contributed by atoms with Crippen LogP contribution < -0.4 is 9.64 Å². The maximum atomic E-state index is 13.2. The van der Waals surface area contributed by atoms with Crippen LogP contribution in [0.15, 0.2) is 11.6 Å². The number of aliphatic carboxylic acids is 1. The zero-order valence-corrected chi connectivity index (χ0v) is 15.1. The molecule has 0 radical (unpaired) electrons. The number of hydrogen-bond donors (Lipinski definition) is 1. The molecule has 1 N–H and O–H groups in total. The molecule has 1 atom stereocenters. The van der Waals surface area contributed by atoms with Crippen LogP contribution >= 0.6 is 23.2 Å². The van der Waals surface area contributed by atoms with Gasteiger partial charge < -0.3 is 14.7 Å². The van der Waals surface area contributed by atoms with Crippen molar-refractivity contribution in [1.82, 2.24) is 0 Å². The lowest BCUT2D eigenvalue weighted by molar-refractivity contribution is -0.187. The predicted octanol–water partition coefficient (Wildman–Crippen LogP) is 4.88. The van der Waals surface area contributed by atoms with Crippen LogP contribution in [0.3, 0.4) is 0 Å². The van der Waals surface area contributed by atoms with Crippen LogP contribution in [0.4, 0.5) is 18.9 Å². The Kier molecular flexibility index (Phi) is 5.49. The molecule has 25 heavy (non-hydrogen) atoms. The molecular weight excluding hydrogens is 382 g/mol. The topological polar surface area (TPSA) is 49.8 Å². The molecule has 1 heterocycles. The van der Waals surface area contributed by atoms with Crippen molar-refractivity contribution in [2.45, 2.75) is 26.1 Å². The standard InChI is InChI=1S/C16H16Cl2F3NO3/c1-7(2)6-22(3)12-10(17)5-8-4-9(15(23)24)14(16(19,20)21)25-13(8)11(12)18/h4-5,7,14H,6H2,1-3H3,(H,23,24). The molecule has 1 aromatic rings. The Morgan fingerprint density at radius 2 is 2.00 bits per heavy atom. The molecule has 0 aromatic heterocycles. The highest BCUT2D eigenvalue weighted by Crippen LogP contribution is 2.47. The van der Waals surface area contributed by atoms with Gasteiger partial charge in [0, 0.05) is 19.2 Å². The molecule has 1 aromatic carbocycles. The van der Waals surface area contributed by atoms with Crippen LogP contribution in [0.1, 0.15) is 19.4 Å². The molecule has 0 amide bonds. The molecule has 1 unspecified atom stereocenters. The minimum atomic E-state index is -4.89. The van der Waals surface area contributed by atoms with E-state index < -0.39 is 23.8 Å². The van der Waals surface area contributed by atoms with E-state index in [2.05, 4.69) is 0 Å². The highest BCUT2D eigenvalue weighted by atomic mass is 35.5. The number of hydrogen-bond acceptors (Lipinski definition) is 3. The van der Waals surface area contributed by atoms with E-state index in [0.29, 0.717) is 12.2 Å². The molecule has 9 heteroatoms. The molecule has 0 bridgehead atoms. The summed E-state index contributed by atoms with van der Waals surface area (Å²) in [6, 6.07) is 1.35. The summed E-state index contributed by atoms with van der Waals surface area (Å²) in [5.41, 5.74) is -0.492. The summed E-state index contributed by atoms with van der Waals surface area (Å²) < 4.78 is 44.5. The molecule has 138 valence electrons. The first-order valence-electron chi connectivity index (χ1n) is 7.34. The van der Waals surface area contributed by atoms with Gasteiger partial charge in [-0.05, 0) is 18.1 Å². The van der Waals surface area contributed by atoms with Crippen molar-refractivity contribution in [3.63, 3.8) is 0 Å². The minimum absolute atomic E-state index is 0.0828. The fourth-order valence-electron chi connectivity index (χ4n) is 2.67. The second-order valence-corrected chi connectivity index (χ2v) is 6.94. The second kappa shape index (κ2) is 6.96. The molecule has 0 saturated heterocycles. The third-order valence-corrected chi connectivity index (χ3v) is 4.21. The highest BCUT2D eigenvalue weighted by Gasteiger charge is 2.49. The Hall–Kier alpha value is -1.60. The molecule has 0 saturated carbocycles. The number of alkyl halides is 3. The molecule has 0 spiro atoms. The summed E-state index contributed by atoms with van der Waals surface area (Å²) in [6.07, 6.45) is -6.60. The second-order valence-electron chi connectivity index (χ2n) is 6.16. The quantitative estimate of drug-likeness (QED) is 0.786. The average molecular weight is 398 g/mol. The van der Waals surface area contributed by atoms with Crippen molar-refractivity contribution in [2.75, 3.05) is 18.5 Å². The minimum Gasteiger partial charge on any atom is -0.478 e.